The van der Waals surface area contributed by atoms with Crippen molar-refractivity contribution in [2.45, 2.75) is 0 Å². The minimum absolute atomic E-state index is 0.317. The molecule has 0 saturated heterocycles. The van der Waals surface area contributed by atoms with Crippen LogP contribution in [0, 0.1) is 0 Å². The molecule has 0 heterocycles. The van der Waals surface area contributed by atoms with E-state index in [1.807, 2.05) is 48.5 Å². The van der Waals surface area contributed by atoms with Gasteiger partial charge in [-0.1, -0.05) is 64.5 Å². The smallest absolute Gasteiger partial charge is 0.138 e. The number of benzene rings is 3. The predicted molar refractivity (Wildman–Crippen MR) is 94.1 cm³/mol. The number of fused-ring (bicyclic) bond motifs is 1. The number of hydrogen-bond donors (Lipinski definition) is 1. The molecule has 0 aliphatic carbocycles. The third kappa shape index (κ3) is 2.91. The van der Waals surface area contributed by atoms with E-state index in [4.69, 9.17) is 22.7 Å². The van der Waals surface area contributed by atoms with Crippen molar-refractivity contribution in [1.29, 1.82) is 0 Å². The van der Waals surface area contributed by atoms with Gasteiger partial charge in [0.25, 0.3) is 0 Å². The summed E-state index contributed by atoms with van der Waals surface area (Å²) in [7, 11) is 0. The molecule has 0 aliphatic rings. The first-order valence-electron chi connectivity index (χ1n) is 6.40. The van der Waals surface area contributed by atoms with Crippen molar-refractivity contribution < 1.29 is 4.74 Å². The summed E-state index contributed by atoms with van der Waals surface area (Å²) in [6.07, 6.45) is 0. The fourth-order valence-electron chi connectivity index (χ4n) is 2.19. The Hall–Kier alpha value is -1.91. The lowest BCUT2D eigenvalue weighted by Crippen LogP contribution is -2.10. The molecule has 0 bridgehead atoms. The number of halogens is 1. The van der Waals surface area contributed by atoms with Crippen LogP contribution >= 0.6 is 28.1 Å². The third-order valence-corrected chi connectivity index (χ3v) is 3.89. The van der Waals surface area contributed by atoms with E-state index in [0.29, 0.717) is 10.7 Å². The summed E-state index contributed by atoms with van der Waals surface area (Å²) < 4.78 is 6.98. The molecule has 21 heavy (non-hydrogen) atoms. The zero-order valence-corrected chi connectivity index (χ0v) is 13.4. The van der Waals surface area contributed by atoms with E-state index in [9.17, 15) is 0 Å². The first-order chi connectivity index (χ1) is 10.1. The predicted octanol–water partition coefficient (Wildman–Crippen LogP) is 5.03. The zero-order chi connectivity index (χ0) is 14.8. The molecular formula is C17H12BrNOS. The van der Waals surface area contributed by atoms with Crippen molar-refractivity contribution >= 4 is 43.9 Å². The molecule has 0 aliphatic heterocycles. The van der Waals surface area contributed by atoms with Crippen LogP contribution in [-0.4, -0.2) is 4.99 Å². The van der Waals surface area contributed by atoms with Crippen molar-refractivity contribution in [3.8, 4) is 11.5 Å². The Bertz CT molecular complexity index is 827. The second-order valence-corrected chi connectivity index (χ2v) is 5.94. The Labute approximate surface area is 136 Å². The highest BCUT2D eigenvalue weighted by molar-refractivity contribution is 9.10. The van der Waals surface area contributed by atoms with Crippen LogP contribution in [0.5, 0.6) is 11.5 Å². The lowest BCUT2D eigenvalue weighted by molar-refractivity contribution is 0.487. The fourth-order valence-corrected chi connectivity index (χ4v) is 2.70. The van der Waals surface area contributed by atoms with Gasteiger partial charge in [0.05, 0.1) is 5.56 Å². The van der Waals surface area contributed by atoms with Crippen molar-refractivity contribution in [2.75, 3.05) is 0 Å². The summed E-state index contributed by atoms with van der Waals surface area (Å²) in [4.78, 5) is 0.317. The summed E-state index contributed by atoms with van der Waals surface area (Å²) in [5.74, 6) is 1.43. The molecule has 4 heteroatoms. The second-order valence-electron chi connectivity index (χ2n) is 4.58. The average molecular weight is 358 g/mol. The van der Waals surface area contributed by atoms with Crippen LogP contribution in [0.3, 0.4) is 0 Å². The van der Waals surface area contributed by atoms with Gasteiger partial charge < -0.3 is 10.5 Å². The van der Waals surface area contributed by atoms with Crippen molar-refractivity contribution in [3.63, 3.8) is 0 Å². The van der Waals surface area contributed by atoms with E-state index in [2.05, 4.69) is 28.1 Å². The summed E-state index contributed by atoms with van der Waals surface area (Å²) >= 11 is 8.53. The molecule has 2 nitrogen and oxygen atoms in total. The molecule has 3 rings (SSSR count). The molecule has 0 saturated carbocycles. The Morgan fingerprint density at radius 2 is 1.71 bits per heavy atom. The van der Waals surface area contributed by atoms with Crippen LogP contribution < -0.4 is 10.5 Å². The molecule has 104 valence electrons. The maximum Gasteiger partial charge on any atom is 0.138 e. The minimum Gasteiger partial charge on any atom is -0.456 e. The van der Waals surface area contributed by atoms with Crippen LogP contribution in [0.2, 0.25) is 0 Å². The second kappa shape index (κ2) is 5.84. The topological polar surface area (TPSA) is 35.2 Å². The molecule has 3 aromatic carbocycles. The molecular weight excluding hydrogens is 346 g/mol. The van der Waals surface area contributed by atoms with Gasteiger partial charge in [0.1, 0.15) is 16.5 Å². The van der Waals surface area contributed by atoms with Crippen molar-refractivity contribution in [3.05, 3.63) is 70.7 Å². The van der Waals surface area contributed by atoms with Crippen LogP contribution in [0.25, 0.3) is 10.8 Å². The van der Waals surface area contributed by atoms with E-state index in [-0.39, 0.29) is 0 Å². The summed E-state index contributed by atoms with van der Waals surface area (Å²) in [5.41, 5.74) is 6.49. The van der Waals surface area contributed by atoms with Crippen LogP contribution in [-0.2, 0) is 0 Å². The molecule has 0 unspecified atom stereocenters. The minimum atomic E-state index is 0.317. The maximum atomic E-state index is 6.07. The van der Waals surface area contributed by atoms with Gasteiger partial charge in [-0.2, -0.15) is 0 Å². The number of thiocarbonyl (C=S) groups is 1. The highest BCUT2D eigenvalue weighted by atomic mass is 79.9. The molecule has 0 aromatic heterocycles. The molecule has 0 fully saturated rings. The Morgan fingerprint density at radius 1 is 0.952 bits per heavy atom. The molecule has 0 radical (unpaired) electrons. The van der Waals surface area contributed by atoms with Crippen LogP contribution in [0.4, 0.5) is 0 Å². The number of nitrogens with two attached hydrogens (primary N) is 1. The highest BCUT2D eigenvalue weighted by Crippen LogP contribution is 2.33. The van der Waals surface area contributed by atoms with Gasteiger partial charge in [0, 0.05) is 9.86 Å². The molecule has 3 aromatic rings. The zero-order valence-electron chi connectivity index (χ0n) is 11.0. The third-order valence-electron chi connectivity index (χ3n) is 3.18. The van der Waals surface area contributed by atoms with E-state index in [1.54, 1.807) is 0 Å². The maximum absolute atomic E-state index is 6.07. The lowest BCUT2D eigenvalue weighted by atomic mass is 10.1. The van der Waals surface area contributed by atoms with Gasteiger partial charge in [0.15, 0.2) is 0 Å². The van der Waals surface area contributed by atoms with Gasteiger partial charge in [-0.3, -0.25) is 0 Å². The molecule has 2 N–H and O–H groups in total. The molecule has 0 atom stereocenters. The van der Waals surface area contributed by atoms with E-state index in [1.165, 1.54) is 0 Å². The van der Waals surface area contributed by atoms with E-state index < -0.39 is 0 Å². The molecule has 0 spiro atoms. The highest BCUT2D eigenvalue weighted by Gasteiger charge is 2.10. The average Bonchev–Trinajstić information content (AvgIpc) is 2.47. The molecule has 0 amide bonds. The summed E-state index contributed by atoms with van der Waals surface area (Å²) in [5, 5.41) is 2.18. The Morgan fingerprint density at radius 3 is 2.52 bits per heavy atom. The van der Waals surface area contributed by atoms with Gasteiger partial charge in [-0.15, -0.1) is 0 Å². The first-order valence-corrected chi connectivity index (χ1v) is 7.60. The lowest BCUT2D eigenvalue weighted by Gasteiger charge is -2.12. The largest absolute Gasteiger partial charge is 0.456 e. The standard InChI is InChI=1S/C17H12BrNOS/c18-12-8-9-14(17(19)21)16(10-12)20-15-7-3-5-11-4-1-2-6-13(11)15/h1-10H,(H2,19,21). The SMILES string of the molecule is NC(=S)c1ccc(Br)cc1Oc1cccc2ccccc12. The van der Waals surface area contributed by atoms with Gasteiger partial charge in [-0.05, 0) is 29.7 Å². The van der Waals surface area contributed by atoms with Gasteiger partial charge in [0.2, 0.25) is 0 Å². The Balaban J connectivity index is 2.11. The summed E-state index contributed by atoms with van der Waals surface area (Å²) in [6, 6.07) is 19.7. The van der Waals surface area contributed by atoms with Crippen LogP contribution in [0.1, 0.15) is 5.56 Å². The van der Waals surface area contributed by atoms with Crippen molar-refractivity contribution in [2.24, 2.45) is 5.73 Å². The van der Waals surface area contributed by atoms with Gasteiger partial charge >= 0.3 is 0 Å². The van der Waals surface area contributed by atoms with E-state index in [0.717, 1.165) is 26.6 Å². The first kappa shape index (κ1) is 14.0. The van der Waals surface area contributed by atoms with Crippen LogP contribution in [0.15, 0.2) is 65.1 Å². The van der Waals surface area contributed by atoms with Gasteiger partial charge in [-0.25, -0.2) is 0 Å². The number of rotatable bonds is 3. The Kier molecular flexibility index (Phi) is 3.90. The monoisotopic (exact) mass is 357 g/mol. The quantitative estimate of drug-likeness (QED) is 0.667. The fraction of sp³-hybridized carbons (Fsp3) is 0. The number of hydrogen-bond acceptors (Lipinski definition) is 2. The normalized spacial score (nSPS) is 10.5. The summed E-state index contributed by atoms with van der Waals surface area (Å²) in [6.45, 7) is 0. The van der Waals surface area contributed by atoms with E-state index >= 15 is 0 Å². The number of ether oxygens (including phenoxy) is 1. The van der Waals surface area contributed by atoms with Crippen molar-refractivity contribution in [1.82, 2.24) is 0 Å².